The minimum absolute atomic E-state index is 0. The highest BCUT2D eigenvalue weighted by Crippen LogP contribution is 2.32. The zero-order chi connectivity index (χ0) is 16.6. The summed E-state index contributed by atoms with van der Waals surface area (Å²) in [7, 11) is 1.28. The van der Waals surface area contributed by atoms with Gasteiger partial charge in [0.2, 0.25) is 0 Å². The van der Waals surface area contributed by atoms with Gasteiger partial charge in [-0.1, -0.05) is 11.6 Å². The maximum absolute atomic E-state index is 12.7. The fourth-order valence-electron chi connectivity index (χ4n) is 2.90. The van der Waals surface area contributed by atoms with E-state index < -0.39 is 17.5 Å². The van der Waals surface area contributed by atoms with Crippen molar-refractivity contribution < 1.29 is 19.1 Å². The molecular weight excluding hydrogens is 377 g/mol. The molecule has 24 heavy (non-hydrogen) atoms. The molecule has 3 heterocycles. The minimum Gasteiger partial charge on any atom is -0.465 e. The number of piperidine rings is 1. The van der Waals surface area contributed by atoms with Crippen molar-refractivity contribution in [1.29, 1.82) is 0 Å². The highest BCUT2D eigenvalue weighted by atomic mass is 35.5. The van der Waals surface area contributed by atoms with Crippen LogP contribution in [0.3, 0.4) is 0 Å². The van der Waals surface area contributed by atoms with E-state index in [0.717, 1.165) is 29.2 Å². The number of imide groups is 1. The lowest BCUT2D eigenvalue weighted by molar-refractivity contribution is -0.132. The number of esters is 1. The molecule has 1 unspecified atom stereocenters. The Kier molecular flexibility index (Phi) is 5.74. The number of rotatable bonds is 3. The van der Waals surface area contributed by atoms with Crippen LogP contribution >= 0.6 is 35.3 Å². The van der Waals surface area contributed by atoms with Crippen molar-refractivity contribution in [3.63, 3.8) is 0 Å². The Hall–Kier alpha value is -1.35. The molecule has 1 spiro atoms. The molecule has 132 valence electrons. The first kappa shape index (κ1) is 19.0. The maximum atomic E-state index is 12.7. The van der Waals surface area contributed by atoms with Crippen LogP contribution in [0.4, 0.5) is 4.79 Å². The number of nitrogens with zero attached hydrogens (tertiary/aromatic N) is 1. The third-order valence-electron chi connectivity index (χ3n) is 4.10. The number of hydrogen-bond donors (Lipinski definition) is 2. The van der Waals surface area contributed by atoms with Gasteiger partial charge in [0.25, 0.3) is 5.91 Å². The molecule has 2 fully saturated rings. The number of amides is 3. The summed E-state index contributed by atoms with van der Waals surface area (Å²) in [6.45, 7) is 1.31. The molecule has 0 aliphatic carbocycles. The van der Waals surface area contributed by atoms with Crippen molar-refractivity contribution in [2.75, 3.05) is 20.2 Å². The first-order chi connectivity index (χ1) is 11.0. The van der Waals surface area contributed by atoms with Crippen molar-refractivity contribution in [3.05, 3.63) is 20.8 Å². The Morgan fingerprint density at radius 1 is 1.50 bits per heavy atom. The Morgan fingerprint density at radius 2 is 2.25 bits per heavy atom. The second-order valence-corrected chi connectivity index (χ2v) is 7.24. The van der Waals surface area contributed by atoms with E-state index in [-0.39, 0.29) is 24.9 Å². The van der Waals surface area contributed by atoms with Crippen LogP contribution in [-0.2, 0) is 16.1 Å². The van der Waals surface area contributed by atoms with E-state index in [1.165, 1.54) is 7.11 Å². The zero-order valence-corrected chi connectivity index (χ0v) is 15.3. The third kappa shape index (κ3) is 3.23. The third-order valence-corrected chi connectivity index (χ3v) is 5.52. The first-order valence-electron chi connectivity index (χ1n) is 7.18. The molecule has 0 aromatic carbocycles. The zero-order valence-electron chi connectivity index (χ0n) is 12.9. The fourth-order valence-corrected chi connectivity index (χ4v) is 4.08. The van der Waals surface area contributed by atoms with Crippen LogP contribution in [0.25, 0.3) is 0 Å². The summed E-state index contributed by atoms with van der Waals surface area (Å²) in [5.74, 6) is -0.745. The van der Waals surface area contributed by atoms with Gasteiger partial charge in [-0.2, -0.15) is 0 Å². The molecular formula is C14H17Cl2N3O4S. The van der Waals surface area contributed by atoms with Gasteiger partial charge < -0.3 is 15.4 Å². The summed E-state index contributed by atoms with van der Waals surface area (Å²) in [5.41, 5.74) is -0.301. The first-order valence-corrected chi connectivity index (χ1v) is 8.37. The molecule has 1 atom stereocenters. The largest absolute Gasteiger partial charge is 0.465 e. The lowest BCUT2D eigenvalue weighted by Crippen LogP contribution is -2.57. The van der Waals surface area contributed by atoms with Gasteiger partial charge in [-0.15, -0.1) is 23.7 Å². The summed E-state index contributed by atoms with van der Waals surface area (Å²) in [6.07, 6.45) is 1.44. The molecule has 1 aromatic heterocycles. The number of nitrogens with one attached hydrogen (secondary N) is 2. The monoisotopic (exact) mass is 393 g/mol. The molecule has 2 N–H and O–H groups in total. The number of methoxy groups -OCH3 is 1. The highest BCUT2D eigenvalue weighted by molar-refractivity contribution is 7.18. The van der Waals surface area contributed by atoms with Crippen molar-refractivity contribution in [2.24, 2.45) is 0 Å². The van der Waals surface area contributed by atoms with E-state index in [9.17, 15) is 14.4 Å². The Morgan fingerprint density at radius 3 is 2.88 bits per heavy atom. The van der Waals surface area contributed by atoms with Crippen LogP contribution in [0, 0.1) is 0 Å². The number of thiophene rings is 1. The van der Waals surface area contributed by atoms with E-state index in [0.29, 0.717) is 27.7 Å². The van der Waals surface area contributed by atoms with Crippen LogP contribution in [0.15, 0.2) is 6.07 Å². The molecule has 2 aliphatic rings. The molecule has 0 radical (unpaired) electrons. The van der Waals surface area contributed by atoms with E-state index in [1.807, 2.05) is 0 Å². The predicted molar refractivity (Wildman–Crippen MR) is 91.8 cm³/mol. The van der Waals surface area contributed by atoms with E-state index in [1.54, 1.807) is 6.07 Å². The molecule has 2 saturated heterocycles. The lowest BCUT2D eigenvalue weighted by Gasteiger charge is -2.31. The number of halogens is 2. The van der Waals surface area contributed by atoms with Crippen LogP contribution in [0.1, 0.15) is 28.1 Å². The molecule has 3 rings (SSSR count). The Labute approximate surface area is 154 Å². The van der Waals surface area contributed by atoms with Crippen LogP contribution in [0.5, 0.6) is 0 Å². The van der Waals surface area contributed by atoms with Crippen LogP contribution < -0.4 is 10.6 Å². The standard InChI is InChI=1S/C14H16ClN3O4S.ClH/c1-22-11(19)9-5-8(10(15)23-9)6-18-12(20)14(17-13(18)21)3-2-4-16-7-14;/h5,16H,2-4,6-7H2,1H3,(H,17,21);1H. The quantitative estimate of drug-likeness (QED) is 0.603. The molecule has 7 nitrogen and oxygen atoms in total. The topological polar surface area (TPSA) is 87.7 Å². The normalized spacial score (nSPS) is 23.2. The number of carbonyl (C=O) groups excluding carboxylic acids is 3. The Balaban J connectivity index is 0.00000208. The SMILES string of the molecule is COC(=O)c1cc(CN2C(=O)NC3(CCCNC3)C2=O)c(Cl)s1.Cl. The minimum atomic E-state index is -0.858. The van der Waals surface area contributed by atoms with Crippen LogP contribution in [0.2, 0.25) is 4.34 Å². The maximum Gasteiger partial charge on any atom is 0.348 e. The van der Waals surface area contributed by atoms with Gasteiger partial charge >= 0.3 is 12.0 Å². The average molecular weight is 394 g/mol. The fraction of sp³-hybridized carbons (Fsp3) is 0.500. The lowest BCUT2D eigenvalue weighted by atomic mass is 9.90. The van der Waals surface area contributed by atoms with Crippen molar-refractivity contribution in [3.8, 4) is 0 Å². The number of hydrogen-bond acceptors (Lipinski definition) is 6. The van der Waals surface area contributed by atoms with Gasteiger partial charge in [-0.3, -0.25) is 9.69 Å². The molecule has 2 aliphatic heterocycles. The van der Waals surface area contributed by atoms with Crippen LogP contribution in [-0.4, -0.2) is 48.5 Å². The number of ether oxygens (including phenoxy) is 1. The van der Waals surface area contributed by atoms with Gasteiger partial charge in [-0.25, -0.2) is 9.59 Å². The molecule has 0 saturated carbocycles. The molecule has 1 aromatic rings. The van der Waals surface area contributed by atoms with Gasteiger partial charge in [-0.05, 0) is 25.5 Å². The van der Waals surface area contributed by atoms with Crippen molar-refractivity contribution >= 4 is 53.3 Å². The summed E-state index contributed by atoms with van der Waals surface area (Å²) in [5, 5.41) is 5.94. The second kappa shape index (κ2) is 7.26. The summed E-state index contributed by atoms with van der Waals surface area (Å²) in [4.78, 5) is 37.9. The summed E-state index contributed by atoms with van der Waals surface area (Å²) < 4.78 is 5.02. The van der Waals surface area contributed by atoms with E-state index in [4.69, 9.17) is 11.6 Å². The number of carbonyl (C=O) groups is 3. The predicted octanol–water partition coefficient (Wildman–Crippen LogP) is 1.78. The smallest absolute Gasteiger partial charge is 0.348 e. The van der Waals surface area contributed by atoms with E-state index >= 15 is 0 Å². The highest BCUT2D eigenvalue weighted by Gasteiger charge is 2.51. The van der Waals surface area contributed by atoms with Crippen molar-refractivity contribution in [1.82, 2.24) is 15.5 Å². The van der Waals surface area contributed by atoms with Crippen molar-refractivity contribution in [2.45, 2.75) is 24.9 Å². The number of urea groups is 1. The Bertz CT molecular complexity index is 673. The van der Waals surface area contributed by atoms with Gasteiger partial charge in [0.05, 0.1) is 18.0 Å². The summed E-state index contributed by atoms with van der Waals surface area (Å²) >= 11 is 7.19. The van der Waals surface area contributed by atoms with E-state index in [2.05, 4.69) is 15.4 Å². The van der Waals surface area contributed by atoms with Gasteiger partial charge in [0.15, 0.2) is 0 Å². The molecule has 3 amide bonds. The summed E-state index contributed by atoms with van der Waals surface area (Å²) in [6, 6.07) is 1.13. The van der Waals surface area contributed by atoms with Gasteiger partial charge in [0.1, 0.15) is 10.4 Å². The average Bonchev–Trinajstić information content (AvgIpc) is 3.01. The van der Waals surface area contributed by atoms with Gasteiger partial charge in [0, 0.05) is 12.1 Å². The molecule has 0 bridgehead atoms. The molecule has 10 heteroatoms. The second-order valence-electron chi connectivity index (χ2n) is 5.59.